The number of hydrogen-bond acceptors (Lipinski definition) is 1. The Kier molecular flexibility index (Phi) is 4.86. The van der Waals surface area contributed by atoms with Gasteiger partial charge in [-0.05, 0) is 52.2 Å². The first kappa shape index (κ1) is 19.3. The van der Waals surface area contributed by atoms with Gasteiger partial charge >= 0.3 is 0 Å². The maximum Gasteiger partial charge on any atom is 0.0618 e. The van der Waals surface area contributed by atoms with Gasteiger partial charge in [0.05, 0.1) is 5.69 Å². The van der Waals surface area contributed by atoms with Crippen LogP contribution in [0.2, 0.25) is 0 Å². The van der Waals surface area contributed by atoms with Crippen LogP contribution in [0.5, 0.6) is 0 Å². The largest absolute Gasteiger partial charge is 0.309 e. The molecule has 0 aliphatic carbocycles. The Morgan fingerprint density at radius 3 is 1.42 bits per heavy atom. The van der Waals surface area contributed by atoms with E-state index >= 15 is 0 Å². The summed E-state index contributed by atoms with van der Waals surface area (Å²) in [4.78, 5) is 2.39. The Balaban J connectivity index is 1.61. The highest BCUT2D eigenvalue weighted by Crippen LogP contribution is 2.43. The molecule has 0 bridgehead atoms. The van der Waals surface area contributed by atoms with Gasteiger partial charge in [-0.15, -0.1) is 0 Å². The second kappa shape index (κ2) is 8.29. The van der Waals surface area contributed by atoms with Crippen molar-refractivity contribution in [3.05, 3.63) is 140 Å². The maximum absolute atomic E-state index is 2.39. The number of nitrogens with zero attached hydrogens (tertiary/aromatic N) is 1. The van der Waals surface area contributed by atoms with Crippen LogP contribution in [0.3, 0.4) is 0 Å². The monoisotopic (exact) mass is 421 g/mol. The van der Waals surface area contributed by atoms with Crippen molar-refractivity contribution in [2.45, 2.75) is 0 Å². The summed E-state index contributed by atoms with van der Waals surface area (Å²) in [5.41, 5.74) is 5.94. The smallest absolute Gasteiger partial charge is 0.0618 e. The van der Waals surface area contributed by atoms with Gasteiger partial charge in [-0.25, -0.2) is 0 Å². The second-order valence-corrected chi connectivity index (χ2v) is 8.25. The molecular formula is C32H23N. The number of fused-ring (bicyclic) bond motifs is 2. The fourth-order valence-electron chi connectivity index (χ4n) is 4.65. The first-order chi connectivity index (χ1) is 16.4. The lowest BCUT2D eigenvalue weighted by molar-refractivity contribution is 1.31. The molecule has 0 unspecified atom stereocenters. The van der Waals surface area contributed by atoms with E-state index in [2.05, 4.69) is 144 Å². The SMILES string of the molecule is c1ccc(-c2ccc(N(c3ccccc3)c3c4ccccc4cc4ccccc34)cc2)cc1. The molecule has 1 heteroatoms. The highest BCUT2D eigenvalue weighted by molar-refractivity contribution is 6.14. The van der Waals surface area contributed by atoms with E-state index in [1.54, 1.807) is 0 Å². The zero-order chi connectivity index (χ0) is 22.0. The molecule has 0 fully saturated rings. The van der Waals surface area contributed by atoms with Crippen LogP contribution in [0.4, 0.5) is 17.1 Å². The summed E-state index contributed by atoms with van der Waals surface area (Å²) in [6.45, 7) is 0. The number of anilines is 3. The van der Waals surface area contributed by atoms with Crippen LogP contribution < -0.4 is 4.90 Å². The molecule has 0 saturated heterocycles. The molecule has 0 spiro atoms. The Bertz CT molecular complexity index is 1480. The molecule has 6 aromatic rings. The highest BCUT2D eigenvalue weighted by atomic mass is 15.1. The van der Waals surface area contributed by atoms with E-state index in [-0.39, 0.29) is 0 Å². The van der Waals surface area contributed by atoms with Crippen molar-refractivity contribution in [1.82, 2.24) is 0 Å². The van der Waals surface area contributed by atoms with Crippen LogP contribution in [-0.2, 0) is 0 Å². The Morgan fingerprint density at radius 1 is 0.364 bits per heavy atom. The van der Waals surface area contributed by atoms with E-state index in [9.17, 15) is 0 Å². The average Bonchev–Trinajstić information content (AvgIpc) is 2.90. The summed E-state index contributed by atoms with van der Waals surface area (Å²) in [5, 5.41) is 4.97. The van der Waals surface area contributed by atoms with Gasteiger partial charge in [0, 0.05) is 22.1 Å². The van der Waals surface area contributed by atoms with Gasteiger partial charge in [-0.3, -0.25) is 0 Å². The van der Waals surface area contributed by atoms with Gasteiger partial charge in [-0.1, -0.05) is 109 Å². The number of rotatable bonds is 4. The molecule has 0 radical (unpaired) electrons. The van der Waals surface area contributed by atoms with Crippen molar-refractivity contribution < 1.29 is 0 Å². The molecule has 0 N–H and O–H groups in total. The zero-order valence-electron chi connectivity index (χ0n) is 18.2. The Labute approximate surface area is 194 Å². The number of para-hydroxylation sites is 1. The average molecular weight is 422 g/mol. The van der Waals surface area contributed by atoms with Gasteiger partial charge in [0.15, 0.2) is 0 Å². The minimum absolute atomic E-state index is 1.14. The van der Waals surface area contributed by atoms with E-state index in [1.165, 1.54) is 38.4 Å². The van der Waals surface area contributed by atoms with Crippen molar-refractivity contribution in [1.29, 1.82) is 0 Å². The van der Waals surface area contributed by atoms with Crippen LogP contribution in [0.25, 0.3) is 32.7 Å². The van der Waals surface area contributed by atoms with E-state index in [0.717, 1.165) is 11.4 Å². The lowest BCUT2D eigenvalue weighted by Crippen LogP contribution is -2.11. The maximum atomic E-state index is 2.39. The normalized spacial score (nSPS) is 11.0. The molecule has 0 atom stereocenters. The predicted molar refractivity (Wildman–Crippen MR) is 142 cm³/mol. The van der Waals surface area contributed by atoms with Crippen LogP contribution in [-0.4, -0.2) is 0 Å². The third kappa shape index (κ3) is 3.54. The lowest BCUT2D eigenvalue weighted by atomic mass is 9.98. The number of benzene rings is 6. The summed E-state index contributed by atoms with van der Waals surface area (Å²) in [6.07, 6.45) is 0. The molecule has 156 valence electrons. The molecular weight excluding hydrogens is 398 g/mol. The molecule has 0 saturated carbocycles. The standard InChI is InChI=1S/C32H23N/c1-3-11-24(12-4-1)25-19-21-29(22-20-25)33(28-15-5-2-6-16-28)32-30-17-9-7-13-26(30)23-27-14-8-10-18-31(27)32/h1-23H. The Morgan fingerprint density at radius 2 is 0.818 bits per heavy atom. The molecule has 0 amide bonds. The first-order valence-electron chi connectivity index (χ1n) is 11.3. The fraction of sp³-hybridized carbons (Fsp3) is 0. The van der Waals surface area contributed by atoms with Crippen LogP contribution in [0.15, 0.2) is 140 Å². The van der Waals surface area contributed by atoms with Crippen molar-refractivity contribution in [2.24, 2.45) is 0 Å². The molecule has 1 nitrogen and oxygen atoms in total. The molecule has 6 rings (SSSR count). The summed E-state index contributed by atoms with van der Waals surface area (Å²) in [7, 11) is 0. The first-order valence-corrected chi connectivity index (χ1v) is 11.3. The molecule has 0 heterocycles. The van der Waals surface area contributed by atoms with Gasteiger partial charge in [0.2, 0.25) is 0 Å². The van der Waals surface area contributed by atoms with Gasteiger partial charge in [-0.2, -0.15) is 0 Å². The topological polar surface area (TPSA) is 3.24 Å². The molecule has 0 aliphatic heterocycles. The van der Waals surface area contributed by atoms with E-state index < -0.39 is 0 Å². The van der Waals surface area contributed by atoms with E-state index in [1.807, 2.05) is 0 Å². The zero-order valence-corrected chi connectivity index (χ0v) is 18.2. The highest BCUT2D eigenvalue weighted by Gasteiger charge is 2.18. The fourth-order valence-corrected chi connectivity index (χ4v) is 4.65. The van der Waals surface area contributed by atoms with Crippen molar-refractivity contribution >= 4 is 38.6 Å². The van der Waals surface area contributed by atoms with Crippen molar-refractivity contribution in [3.63, 3.8) is 0 Å². The van der Waals surface area contributed by atoms with Crippen molar-refractivity contribution in [2.75, 3.05) is 4.90 Å². The van der Waals surface area contributed by atoms with Gasteiger partial charge in [0.25, 0.3) is 0 Å². The van der Waals surface area contributed by atoms with E-state index in [4.69, 9.17) is 0 Å². The quantitative estimate of drug-likeness (QED) is 0.256. The predicted octanol–water partition coefficient (Wildman–Crippen LogP) is 9.13. The Hall–Kier alpha value is -4.36. The third-order valence-corrected chi connectivity index (χ3v) is 6.21. The molecule has 33 heavy (non-hydrogen) atoms. The second-order valence-electron chi connectivity index (χ2n) is 8.25. The van der Waals surface area contributed by atoms with Gasteiger partial charge < -0.3 is 4.90 Å². The van der Waals surface area contributed by atoms with Crippen LogP contribution in [0.1, 0.15) is 0 Å². The summed E-state index contributed by atoms with van der Waals surface area (Å²) in [6, 6.07) is 49.7. The minimum atomic E-state index is 1.14. The van der Waals surface area contributed by atoms with Crippen LogP contribution in [0, 0.1) is 0 Å². The van der Waals surface area contributed by atoms with Gasteiger partial charge in [0.1, 0.15) is 0 Å². The summed E-state index contributed by atoms with van der Waals surface area (Å²) >= 11 is 0. The van der Waals surface area contributed by atoms with E-state index in [0.29, 0.717) is 0 Å². The number of hydrogen-bond donors (Lipinski definition) is 0. The summed E-state index contributed by atoms with van der Waals surface area (Å²) in [5.74, 6) is 0. The summed E-state index contributed by atoms with van der Waals surface area (Å²) < 4.78 is 0. The minimum Gasteiger partial charge on any atom is -0.309 e. The molecule has 0 aromatic heterocycles. The van der Waals surface area contributed by atoms with Crippen molar-refractivity contribution in [3.8, 4) is 11.1 Å². The molecule has 6 aromatic carbocycles. The van der Waals surface area contributed by atoms with Crippen LogP contribution >= 0.6 is 0 Å². The molecule has 0 aliphatic rings. The lowest BCUT2D eigenvalue weighted by Gasteiger charge is -2.28. The third-order valence-electron chi connectivity index (χ3n) is 6.21.